The third-order valence-electron chi connectivity index (χ3n) is 4.40. The van der Waals surface area contributed by atoms with Crippen molar-refractivity contribution in [2.24, 2.45) is 0 Å². The Kier molecular flexibility index (Phi) is 3.96. The van der Waals surface area contributed by atoms with E-state index in [1.165, 1.54) is 49.9 Å². The fraction of sp³-hybridized carbons (Fsp3) is 0.556. The SMILES string of the molecule is CCCC(CCC)c1nc2cc(C#N)ccc2n1C1CC1. The first-order chi connectivity index (χ1) is 10.3. The largest absolute Gasteiger partial charge is 0.325 e. The van der Waals surface area contributed by atoms with E-state index < -0.39 is 0 Å². The average molecular weight is 281 g/mol. The lowest BCUT2D eigenvalue weighted by Crippen LogP contribution is -2.08. The molecule has 2 aromatic rings. The van der Waals surface area contributed by atoms with Gasteiger partial charge in [-0.1, -0.05) is 26.7 Å². The predicted octanol–water partition coefficient (Wildman–Crippen LogP) is 4.93. The molecule has 3 nitrogen and oxygen atoms in total. The standard InChI is InChI=1S/C18H23N3/c1-3-5-14(6-4-2)18-20-16-11-13(12-19)7-10-17(16)21(18)15-8-9-15/h7,10-11,14-15H,3-6,8-9H2,1-2H3. The third kappa shape index (κ3) is 2.68. The van der Waals surface area contributed by atoms with Gasteiger partial charge in [0.2, 0.25) is 0 Å². The van der Waals surface area contributed by atoms with Gasteiger partial charge in [0, 0.05) is 12.0 Å². The van der Waals surface area contributed by atoms with Gasteiger partial charge in [0.25, 0.3) is 0 Å². The number of hydrogen-bond acceptors (Lipinski definition) is 2. The lowest BCUT2D eigenvalue weighted by Gasteiger charge is -2.17. The molecule has 0 atom stereocenters. The minimum absolute atomic E-state index is 0.554. The van der Waals surface area contributed by atoms with E-state index in [1.54, 1.807) is 0 Å². The van der Waals surface area contributed by atoms with E-state index in [2.05, 4.69) is 30.6 Å². The van der Waals surface area contributed by atoms with Crippen LogP contribution < -0.4 is 0 Å². The smallest absolute Gasteiger partial charge is 0.113 e. The number of aromatic nitrogens is 2. The van der Waals surface area contributed by atoms with Crippen LogP contribution in [0.4, 0.5) is 0 Å². The molecule has 1 aromatic heterocycles. The Labute approximate surface area is 126 Å². The molecule has 0 spiro atoms. The molecule has 1 aliphatic carbocycles. The molecule has 1 saturated carbocycles. The first-order valence-corrected chi connectivity index (χ1v) is 8.20. The Morgan fingerprint density at radius 2 is 2.00 bits per heavy atom. The normalized spacial score (nSPS) is 14.8. The summed E-state index contributed by atoms with van der Waals surface area (Å²) in [6.07, 6.45) is 7.33. The average Bonchev–Trinajstić information content (AvgIpc) is 3.26. The van der Waals surface area contributed by atoms with E-state index in [1.807, 2.05) is 12.1 Å². The summed E-state index contributed by atoms with van der Waals surface area (Å²) in [7, 11) is 0. The van der Waals surface area contributed by atoms with E-state index in [0.29, 0.717) is 17.5 Å². The van der Waals surface area contributed by atoms with Crippen LogP contribution in [-0.2, 0) is 0 Å². The van der Waals surface area contributed by atoms with Gasteiger partial charge in [-0.25, -0.2) is 4.98 Å². The number of benzene rings is 1. The first kappa shape index (κ1) is 14.1. The van der Waals surface area contributed by atoms with E-state index in [0.717, 1.165) is 5.52 Å². The van der Waals surface area contributed by atoms with Gasteiger partial charge in [0.15, 0.2) is 0 Å². The maximum atomic E-state index is 9.09. The van der Waals surface area contributed by atoms with Crippen molar-refractivity contribution < 1.29 is 0 Å². The Morgan fingerprint density at radius 1 is 1.29 bits per heavy atom. The van der Waals surface area contributed by atoms with Gasteiger partial charge in [-0.15, -0.1) is 0 Å². The van der Waals surface area contributed by atoms with E-state index >= 15 is 0 Å². The molecule has 3 heteroatoms. The molecule has 1 fully saturated rings. The summed E-state index contributed by atoms with van der Waals surface area (Å²) in [6, 6.07) is 8.79. The number of hydrogen-bond donors (Lipinski definition) is 0. The summed E-state index contributed by atoms with van der Waals surface area (Å²) < 4.78 is 2.46. The number of rotatable bonds is 6. The van der Waals surface area contributed by atoms with E-state index in [9.17, 15) is 0 Å². The van der Waals surface area contributed by atoms with Crippen LogP contribution in [0.3, 0.4) is 0 Å². The van der Waals surface area contributed by atoms with Crippen LogP contribution in [0.1, 0.15) is 75.7 Å². The zero-order chi connectivity index (χ0) is 14.8. The molecule has 1 heterocycles. The van der Waals surface area contributed by atoms with Crippen LogP contribution in [0.25, 0.3) is 11.0 Å². The molecule has 0 unspecified atom stereocenters. The Hall–Kier alpha value is -1.82. The second kappa shape index (κ2) is 5.89. The Balaban J connectivity index is 2.11. The molecule has 0 aliphatic heterocycles. The van der Waals surface area contributed by atoms with Crippen molar-refractivity contribution in [3.8, 4) is 6.07 Å². The summed E-state index contributed by atoms with van der Waals surface area (Å²) >= 11 is 0. The van der Waals surface area contributed by atoms with E-state index in [-0.39, 0.29) is 0 Å². The molecule has 1 aromatic carbocycles. The highest BCUT2D eigenvalue weighted by molar-refractivity contribution is 5.78. The Morgan fingerprint density at radius 3 is 2.57 bits per heavy atom. The molecule has 1 aliphatic rings. The molecule has 21 heavy (non-hydrogen) atoms. The van der Waals surface area contributed by atoms with Crippen LogP contribution in [0.2, 0.25) is 0 Å². The minimum Gasteiger partial charge on any atom is -0.325 e. The fourth-order valence-electron chi connectivity index (χ4n) is 3.29. The molecule has 0 N–H and O–H groups in total. The molecule has 3 rings (SSSR count). The number of nitriles is 1. The van der Waals surface area contributed by atoms with Crippen LogP contribution in [-0.4, -0.2) is 9.55 Å². The summed E-state index contributed by atoms with van der Waals surface area (Å²) in [5.41, 5.74) is 2.91. The van der Waals surface area contributed by atoms with Crippen LogP contribution >= 0.6 is 0 Å². The highest BCUT2D eigenvalue weighted by Gasteiger charge is 2.30. The third-order valence-corrected chi connectivity index (χ3v) is 4.40. The summed E-state index contributed by atoms with van der Waals surface area (Å²) in [5.74, 6) is 1.81. The van der Waals surface area contributed by atoms with Crippen molar-refractivity contribution in [2.45, 2.75) is 64.3 Å². The van der Waals surface area contributed by atoms with Gasteiger partial charge < -0.3 is 4.57 Å². The maximum Gasteiger partial charge on any atom is 0.113 e. The van der Waals surface area contributed by atoms with Gasteiger partial charge in [0.1, 0.15) is 5.82 Å². The molecule has 0 saturated heterocycles. The highest BCUT2D eigenvalue weighted by Crippen LogP contribution is 2.41. The molecule has 0 bridgehead atoms. The molecular weight excluding hydrogens is 258 g/mol. The van der Waals surface area contributed by atoms with Gasteiger partial charge in [-0.05, 0) is 43.9 Å². The van der Waals surface area contributed by atoms with Crippen LogP contribution in [0.15, 0.2) is 18.2 Å². The van der Waals surface area contributed by atoms with Crippen LogP contribution in [0.5, 0.6) is 0 Å². The van der Waals surface area contributed by atoms with Crippen molar-refractivity contribution in [1.82, 2.24) is 9.55 Å². The topological polar surface area (TPSA) is 41.6 Å². The van der Waals surface area contributed by atoms with Crippen molar-refractivity contribution in [2.75, 3.05) is 0 Å². The zero-order valence-electron chi connectivity index (χ0n) is 13.0. The second-order valence-electron chi connectivity index (χ2n) is 6.16. The van der Waals surface area contributed by atoms with Crippen molar-refractivity contribution in [3.05, 3.63) is 29.6 Å². The summed E-state index contributed by atoms with van der Waals surface area (Å²) in [6.45, 7) is 4.50. The molecule has 110 valence electrons. The number of nitrogens with zero attached hydrogens (tertiary/aromatic N) is 3. The van der Waals surface area contributed by atoms with Crippen molar-refractivity contribution in [3.63, 3.8) is 0 Å². The minimum atomic E-state index is 0.554. The quantitative estimate of drug-likeness (QED) is 0.753. The van der Waals surface area contributed by atoms with Crippen molar-refractivity contribution >= 4 is 11.0 Å². The number of fused-ring (bicyclic) bond motifs is 1. The van der Waals surface area contributed by atoms with E-state index in [4.69, 9.17) is 10.2 Å². The van der Waals surface area contributed by atoms with Crippen LogP contribution in [0, 0.1) is 11.3 Å². The second-order valence-corrected chi connectivity index (χ2v) is 6.16. The zero-order valence-corrected chi connectivity index (χ0v) is 13.0. The maximum absolute atomic E-state index is 9.09. The summed E-state index contributed by atoms with van der Waals surface area (Å²) in [4.78, 5) is 4.93. The lowest BCUT2D eigenvalue weighted by molar-refractivity contribution is 0.508. The predicted molar refractivity (Wildman–Crippen MR) is 85.3 cm³/mol. The molecular formula is C18H23N3. The van der Waals surface area contributed by atoms with Gasteiger partial charge in [-0.2, -0.15) is 5.26 Å². The lowest BCUT2D eigenvalue weighted by atomic mass is 9.97. The van der Waals surface area contributed by atoms with Crippen molar-refractivity contribution in [1.29, 1.82) is 5.26 Å². The van der Waals surface area contributed by atoms with Gasteiger partial charge in [0.05, 0.1) is 22.7 Å². The number of imidazole rings is 1. The van der Waals surface area contributed by atoms with Gasteiger partial charge >= 0.3 is 0 Å². The summed E-state index contributed by atoms with van der Waals surface area (Å²) in [5, 5.41) is 9.09. The first-order valence-electron chi connectivity index (χ1n) is 8.20. The molecule has 0 amide bonds. The monoisotopic (exact) mass is 281 g/mol. The van der Waals surface area contributed by atoms with Gasteiger partial charge in [-0.3, -0.25) is 0 Å². The fourth-order valence-corrected chi connectivity index (χ4v) is 3.29. The Bertz CT molecular complexity index is 668. The molecule has 0 radical (unpaired) electrons. The highest BCUT2D eigenvalue weighted by atomic mass is 15.1.